The highest BCUT2D eigenvalue weighted by Gasteiger charge is 2.04. The third-order valence-electron chi connectivity index (χ3n) is 0.758. The third kappa shape index (κ3) is 2.79. The maximum Gasteiger partial charge on any atom is 0.308 e. The van der Waals surface area contributed by atoms with Gasteiger partial charge in [-0.1, -0.05) is 13.8 Å². The van der Waals surface area contributed by atoms with Gasteiger partial charge in [-0.05, 0) is 0 Å². The molecule has 0 spiro atoms. The lowest BCUT2D eigenvalue weighted by Gasteiger charge is -2.01. The topological polar surface area (TPSA) is 26.3 Å². The molecule has 0 aromatic heterocycles. The van der Waals surface area contributed by atoms with Crippen LogP contribution in [0.15, 0.2) is 0 Å². The Morgan fingerprint density at radius 3 is 2.38 bits per heavy atom. The van der Waals surface area contributed by atoms with Crippen LogP contribution in [0.25, 0.3) is 0 Å². The van der Waals surface area contributed by atoms with Crippen LogP contribution in [0, 0.1) is 5.92 Å². The molecule has 0 fully saturated rings. The van der Waals surface area contributed by atoms with Crippen LogP contribution in [0.5, 0.6) is 0 Å². The van der Waals surface area contributed by atoms with Crippen molar-refractivity contribution in [3.63, 3.8) is 0 Å². The van der Waals surface area contributed by atoms with Crippen LogP contribution >= 0.6 is 0 Å². The molecule has 0 amide bonds. The molecule has 0 aromatic carbocycles. The molecule has 0 atom stereocenters. The smallest absolute Gasteiger partial charge is 0.308 e. The predicted molar refractivity (Wildman–Crippen MR) is 35.7 cm³/mol. The van der Waals surface area contributed by atoms with Gasteiger partial charge >= 0.3 is 5.97 Å². The van der Waals surface area contributed by atoms with Crippen LogP contribution in [0.4, 0.5) is 0 Å². The van der Waals surface area contributed by atoms with Crippen LogP contribution in [-0.2, 0) is 9.53 Å². The molecule has 0 heterocycles. The number of hydrogen-bond acceptors (Lipinski definition) is 2. The summed E-state index contributed by atoms with van der Waals surface area (Å²) in [7, 11) is 0.940. The summed E-state index contributed by atoms with van der Waals surface area (Å²) in [4.78, 5) is 10.5. The summed E-state index contributed by atoms with van der Waals surface area (Å²) >= 11 is 0. The Morgan fingerprint density at radius 1 is 1.75 bits per heavy atom. The SMILES string of the molecule is CC(C)C(=O)OC[SiH3]. The van der Waals surface area contributed by atoms with E-state index in [9.17, 15) is 4.79 Å². The van der Waals surface area contributed by atoms with Gasteiger partial charge < -0.3 is 4.74 Å². The molecular formula is C5H12O2Si. The van der Waals surface area contributed by atoms with E-state index in [1.54, 1.807) is 0 Å². The molecule has 0 radical (unpaired) electrons. The van der Waals surface area contributed by atoms with E-state index in [-0.39, 0.29) is 11.9 Å². The second-order valence-corrected chi connectivity index (χ2v) is 2.48. The number of esters is 1. The van der Waals surface area contributed by atoms with Crippen LogP contribution in [0.1, 0.15) is 13.8 Å². The van der Waals surface area contributed by atoms with Gasteiger partial charge in [0.2, 0.25) is 0 Å². The zero-order valence-electron chi connectivity index (χ0n) is 5.60. The van der Waals surface area contributed by atoms with Crippen LogP contribution in [-0.4, -0.2) is 22.4 Å². The molecular weight excluding hydrogens is 120 g/mol. The van der Waals surface area contributed by atoms with Gasteiger partial charge in [0.25, 0.3) is 0 Å². The average molecular weight is 132 g/mol. The highest BCUT2D eigenvalue weighted by atomic mass is 28.1. The van der Waals surface area contributed by atoms with Crippen molar-refractivity contribution in [2.24, 2.45) is 5.92 Å². The van der Waals surface area contributed by atoms with Crippen molar-refractivity contribution in [1.29, 1.82) is 0 Å². The van der Waals surface area contributed by atoms with Gasteiger partial charge in [0.15, 0.2) is 0 Å². The first-order valence-corrected chi connectivity index (χ1v) is 4.26. The molecule has 3 heteroatoms. The van der Waals surface area contributed by atoms with Crippen LogP contribution in [0.2, 0.25) is 0 Å². The summed E-state index contributed by atoms with van der Waals surface area (Å²) in [6.45, 7) is 3.67. The quantitative estimate of drug-likeness (QED) is 0.374. The average Bonchev–Trinajstić information content (AvgIpc) is 1.67. The minimum atomic E-state index is -0.0833. The molecule has 0 saturated carbocycles. The first-order chi connectivity index (χ1) is 3.68. The number of carbonyl (C=O) groups excluding carboxylic acids is 1. The number of rotatable bonds is 2. The fourth-order valence-corrected chi connectivity index (χ4v) is 0.593. The molecule has 0 aliphatic rings. The van der Waals surface area contributed by atoms with E-state index in [1.807, 2.05) is 13.8 Å². The van der Waals surface area contributed by atoms with E-state index in [0.717, 1.165) is 10.2 Å². The molecule has 8 heavy (non-hydrogen) atoms. The summed E-state index contributed by atoms with van der Waals surface area (Å²) in [5, 5.41) is 0. The second-order valence-electron chi connectivity index (χ2n) is 1.91. The van der Waals surface area contributed by atoms with Crippen molar-refractivity contribution in [2.45, 2.75) is 13.8 Å². The fraction of sp³-hybridized carbons (Fsp3) is 0.800. The predicted octanol–water partition coefficient (Wildman–Crippen LogP) is -0.491. The van der Waals surface area contributed by atoms with Crippen molar-refractivity contribution >= 4 is 16.2 Å². The van der Waals surface area contributed by atoms with Crippen LogP contribution < -0.4 is 0 Å². The Hall–Kier alpha value is -0.313. The molecule has 48 valence electrons. The maximum atomic E-state index is 10.5. The van der Waals surface area contributed by atoms with E-state index in [0.29, 0.717) is 6.23 Å². The van der Waals surface area contributed by atoms with Crippen molar-refractivity contribution in [3.05, 3.63) is 0 Å². The fourth-order valence-electron chi connectivity index (χ4n) is 0.309. The van der Waals surface area contributed by atoms with Gasteiger partial charge in [0.05, 0.1) is 22.4 Å². The van der Waals surface area contributed by atoms with Gasteiger partial charge in [-0.15, -0.1) is 0 Å². The van der Waals surface area contributed by atoms with Gasteiger partial charge in [-0.25, -0.2) is 0 Å². The molecule has 0 aliphatic carbocycles. The van der Waals surface area contributed by atoms with Crippen molar-refractivity contribution in [2.75, 3.05) is 6.23 Å². The summed E-state index contributed by atoms with van der Waals surface area (Å²) < 4.78 is 4.73. The normalized spacial score (nSPS) is 9.88. The standard InChI is InChI=1S/C5H12O2Si/c1-4(2)5(6)7-3-8/h4H,3H2,1-2,8H3. The van der Waals surface area contributed by atoms with Gasteiger partial charge in [0.1, 0.15) is 0 Å². The van der Waals surface area contributed by atoms with Crippen molar-refractivity contribution < 1.29 is 9.53 Å². The molecule has 0 aromatic rings. The van der Waals surface area contributed by atoms with Gasteiger partial charge in [-0.3, -0.25) is 4.79 Å². The van der Waals surface area contributed by atoms with E-state index < -0.39 is 0 Å². The molecule has 2 nitrogen and oxygen atoms in total. The van der Waals surface area contributed by atoms with Crippen molar-refractivity contribution in [3.8, 4) is 0 Å². The van der Waals surface area contributed by atoms with Gasteiger partial charge in [-0.2, -0.15) is 0 Å². The van der Waals surface area contributed by atoms with Crippen LogP contribution in [0.3, 0.4) is 0 Å². The minimum absolute atomic E-state index is 0.0314. The number of ether oxygens (including phenoxy) is 1. The molecule has 0 rings (SSSR count). The number of hydrogen-bond donors (Lipinski definition) is 0. The van der Waals surface area contributed by atoms with E-state index in [4.69, 9.17) is 4.74 Å². The summed E-state index contributed by atoms with van der Waals surface area (Å²) in [5.74, 6) is -0.0519. The molecule has 0 aliphatic heterocycles. The highest BCUT2D eigenvalue weighted by Crippen LogP contribution is 1.93. The first-order valence-electron chi connectivity index (χ1n) is 2.85. The Balaban J connectivity index is 3.33. The summed E-state index contributed by atoms with van der Waals surface area (Å²) in [6, 6.07) is 0. The second kappa shape index (κ2) is 3.66. The Kier molecular flexibility index (Phi) is 3.52. The summed E-state index contributed by atoms with van der Waals surface area (Å²) in [5.41, 5.74) is 0. The van der Waals surface area contributed by atoms with Crippen molar-refractivity contribution in [1.82, 2.24) is 0 Å². The maximum absolute atomic E-state index is 10.5. The molecule has 0 unspecified atom stereocenters. The van der Waals surface area contributed by atoms with E-state index >= 15 is 0 Å². The highest BCUT2D eigenvalue weighted by molar-refractivity contribution is 6.08. The lowest BCUT2D eigenvalue weighted by Crippen LogP contribution is -2.11. The monoisotopic (exact) mass is 132 g/mol. The molecule has 0 N–H and O–H groups in total. The zero-order valence-corrected chi connectivity index (χ0v) is 7.60. The summed E-state index contributed by atoms with van der Waals surface area (Å²) in [6.07, 6.45) is 0.622. The largest absolute Gasteiger partial charge is 0.470 e. The minimum Gasteiger partial charge on any atom is -0.470 e. The Bertz CT molecular complexity index is 80.5. The van der Waals surface area contributed by atoms with Gasteiger partial charge in [0, 0.05) is 0 Å². The number of carbonyl (C=O) groups is 1. The molecule has 0 saturated heterocycles. The third-order valence-corrected chi connectivity index (χ3v) is 1.05. The zero-order chi connectivity index (χ0) is 6.57. The lowest BCUT2D eigenvalue weighted by atomic mass is 10.2. The Labute approximate surface area is 52.6 Å². The molecule has 0 bridgehead atoms. The van der Waals surface area contributed by atoms with E-state index in [2.05, 4.69) is 0 Å². The first kappa shape index (κ1) is 7.69. The Morgan fingerprint density at radius 2 is 2.25 bits per heavy atom. The lowest BCUT2D eigenvalue weighted by molar-refractivity contribution is -0.145. The van der Waals surface area contributed by atoms with E-state index in [1.165, 1.54) is 0 Å².